The third-order valence-electron chi connectivity index (χ3n) is 1.93. The molecule has 0 aromatic heterocycles. The first-order valence-corrected chi connectivity index (χ1v) is 7.03. The van der Waals surface area contributed by atoms with Crippen molar-refractivity contribution in [3.8, 4) is 5.75 Å². The first kappa shape index (κ1) is 14.4. The molecular formula is C9H11Cl2NO4S. The lowest BCUT2D eigenvalue weighted by Crippen LogP contribution is -2.10. The highest BCUT2D eigenvalue weighted by Gasteiger charge is 2.07. The number of halogens is 2. The number of aromatic hydroxyl groups is 1. The quantitative estimate of drug-likeness (QED) is 0.441. The third kappa shape index (κ3) is 4.99. The standard InChI is InChI=1S/C9H11Cl2NO4S/c10-7-4-6(5-8(11)9(7)13)12-2-1-3-17(14,15)16/h4-5,12-13H,1-3H2,(H,14,15,16). The van der Waals surface area contributed by atoms with Crippen molar-refractivity contribution in [1.29, 1.82) is 0 Å². The summed E-state index contributed by atoms with van der Waals surface area (Å²) in [4.78, 5) is 0. The molecule has 0 spiro atoms. The molecule has 8 heteroatoms. The minimum atomic E-state index is -3.93. The number of hydrogen-bond donors (Lipinski definition) is 3. The largest absolute Gasteiger partial charge is 0.505 e. The Morgan fingerprint density at radius 1 is 1.24 bits per heavy atom. The van der Waals surface area contributed by atoms with Gasteiger partial charge >= 0.3 is 0 Å². The Morgan fingerprint density at radius 2 is 1.76 bits per heavy atom. The maximum atomic E-state index is 10.4. The van der Waals surface area contributed by atoms with E-state index >= 15 is 0 Å². The molecular weight excluding hydrogens is 289 g/mol. The van der Waals surface area contributed by atoms with Crippen LogP contribution in [0.2, 0.25) is 10.0 Å². The first-order chi connectivity index (χ1) is 7.79. The van der Waals surface area contributed by atoms with Gasteiger partial charge in [0.1, 0.15) is 0 Å². The molecule has 1 aromatic carbocycles. The second-order valence-electron chi connectivity index (χ2n) is 3.35. The maximum absolute atomic E-state index is 10.4. The number of phenols is 1. The van der Waals surface area contributed by atoms with Crippen LogP contribution in [0.4, 0.5) is 5.69 Å². The molecule has 0 aliphatic heterocycles. The number of nitrogens with one attached hydrogen (secondary N) is 1. The van der Waals surface area contributed by atoms with Crippen molar-refractivity contribution in [1.82, 2.24) is 0 Å². The fraction of sp³-hybridized carbons (Fsp3) is 0.333. The van der Waals surface area contributed by atoms with Gasteiger partial charge in [-0.25, -0.2) is 0 Å². The molecule has 0 heterocycles. The van der Waals surface area contributed by atoms with Crippen LogP contribution in [0.15, 0.2) is 12.1 Å². The van der Waals surface area contributed by atoms with Gasteiger partial charge in [-0.3, -0.25) is 4.55 Å². The number of benzene rings is 1. The molecule has 1 aromatic rings. The summed E-state index contributed by atoms with van der Waals surface area (Å²) < 4.78 is 29.4. The van der Waals surface area contributed by atoms with Crippen molar-refractivity contribution < 1.29 is 18.1 Å². The van der Waals surface area contributed by atoms with E-state index in [0.29, 0.717) is 12.2 Å². The molecule has 96 valence electrons. The normalized spacial score (nSPS) is 11.5. The van der Waals surface area contributed by atoms with E-state index in [2.05, 4.69) is 5.32 Å². The topological polar surface area (TPSA) is 86.6 Å². The van der Waals surface area contributed by atoms with Gasteiger partial charge in [-0.15, -0.1) is 0 Å². The molecule has 0 fully saturated rings. The van der Waals surface area contributed by atoms with Gasteiger partial charge < -0.3 is 10.4 Å². The summed E-state index contributed by atoms with van der Waals surface area (Å²) in [6.07, 6.45) is 0.245. The summed E-state index contributed by atoms with van der Waals surface area (Å²) in [5.41, 5.74) is 0.563. The van der Waals surface area contributed by atoms with E-state index in [4.69, 9.17) is 27.8 Å². The Hall–Kier alpha value is -0.690. The van der Waals surface area contributed by atoms with Crippen LogP contribution in [-0.2, 0) is 10.1 Å². The molecule has 5 nitrogen and oxygen atoms in total. The van der Waals surface area contributed by atoms with E-state index in [-0.39, 0.29) is 28.0 Å². The molecule has 0 unspecified atom stereocenters. The zero-order valence-electron chi connectivity index (χ0n) is 8.65. The molecule has 0 saturated carbocycles. The molecule has 0 bridgehead atoms. The van der Waals surface area contributed by atoms with Gasteiger partial charge in [-0.05, 0) is 18.6 Å². The molecule has 3 N–H and O–H groups in total. The summed E-state index contributed by atoms with van der Waals surface area (Å²) in [6, 6.07) is 2.94. The van der Waals surface area contributed by atoms with E-state index in [9.17, 15) is 13.5 Å². The number of phenolic OH excluding ortho intramolecular Hbond substituents is 1. The van der Waals surface area contributed by atoms with E-state index in [1.54, 1.807) is 0 Å². The number of rotatable bonds is 5. The van der Waals surface area contributed by atoms with Crippen LogP contribution in [0.1, 0.15) is 6.42 Å². The van der Waals surface area contributed by atoms with Crippen molar-refractivity contribution in [2.75, 3.05) is 17.6 Å². The van der Waals surface area contributed by atoms with Crippen LogP contribution in [0.5, 0.6) is 5.75 Å². The van der Waals surface area contributed by atoms with Crippen molar-refractivity contribution >= 4 is 39.0 Å². The second-order valence-corrected chi connectivity index (χ2v) is 5.74. The van der Waals surface area contributed by atoms with Crippen LogP contribution in [-0.4, -0.2) is 30.4 Å². The highest BCUT2D eigenvalue weighted by molar-refractivity contribution is 7.85. The number of anilines is 1. The van der Waals surface area contributed by atoms with Gasteiger partial charge in [0, 0.05) is 12.2 Å². The predicted molar refractivity (Wildman–Crippen MR) is 67.6 cm³/mol. The van der Waals surface area contributed by atoms with E-state index in [1.807, 2.05) is 0 Å². The molecule has 17 heavy (non-hydrogen) atoms. The highest BCUT2D eigenvalue weighted by atomic mass is 35.5. The van der Waals surface area contributed by atoms with Crippen LogP contribution in [0.25, 0.3) is 0 Å². The lowest BCUT2D eigenvalue weighted by Gasteiger charge is -2.08. The lowest BCUT2D eigenvalue weighted by molar-refractivity contribution is 0.476. The average molecular weight is 300 g/mol. The van der Waals surface area contributed by atoms with Crippen LogP contribution < -0.4 is 5.32 Å². The van der Waals surface area contributed by atoms with Crippen LogP contribution >= 0.6 is 23.2 Å². The zero-order chi connectivity index (χ0) is 13.1. The zero-order valence-corrected chi connectivity index (χ0v) is 11.0. The number of hydrogen-bond acceptors (Lipinski definition) is 4. The second kappa shape index (κ2) is 5.77. The molecule has 0 saturated heterocycles. The Bertz CT molecular complexity index is 481. The monoisotopic (exact) mass is 299 g/mol. The molecule has 0 aliphatic carbocycles. The fourth-order valence-corrected chi connectivity index (χ4v) is 2.15. The van der Waals surface area contributed by atoms with Crippen molar-refractivity contribution in [2.45, 2.75) is 6.42 Å². The lowest BCUT2D eigenvalue weighted by atomic mass is 10.3. The van der Waals surface area contributed by atoms with Gasteiger partial charge in [-0.1, -0.05) is 23.2 Å². The molecule has 1 rings (SSSR count). The van der Waals surface area contributed by atoms with Gasteiger partial charge in [0.15, 0.2) is 5.75 Å². The van der Waals surface area contributed by atoms with Gasteiger partial charge in [0.25, 0.3) is 10.1 Å². The summed E-state index contributed by atoms with van der Waals surface area (Å²) in [7, 11) is -3.93. The first-order valence-electron chi connectivity index (χ1n) is 4.66. The van der Waals surface area contributed by atoms with E-state index in [0.717, 1.165) is 0 Å². The van der Waals surface area contributed by atoms with E-state index < -0.39 is 10.1 Å². The predicted octanol–water partition coefficient (Wildman–Crippen LogP) is 2.39. The van der Waals surface area contributed by atoms with Crippen molar-refractivity contribution in [3.63, 3.8) is 0 Å². The minimum Gasteiger partial charge on any atom is -0.505 e. The van der Waals surface area contributed by atoms with Crippen LogP contribution in [0.3, 0.4) is 0 Å². The maximum Gasteiger partial charge on any atom is 0.264 e. The molecule has 0 atom stereocenters. The van der Waals surface area contributed by atoms with Crippen LogP contribution in [0, 0.1) is 0 Å². The van der Waals surface area contributed by atoms with Crippen molar-refractivity contribution in [3.05, 3.63) is 22.2 Å². The van der Waals surface area contributed by atoms with Crippen molar-refractivity contribution in [2.24, 2.45) is 0 Å². The summed E-state index contributed by atoms with van der Waals surface area (Å²) in [6.45, 7) is 0.331. The molecule has 0 amide bonds. The van der Waals surface area contributed by atoms with E-state index in [1.165, 1.54) is 12.1 Å². The molecule has 0 radical (unpaired) electrons. The summed E-state index contributed by atoms with van der Waals surface area (Å²) in [5, 5.41) is 12.4. The summed E-state index contributed by atoms with van der Waals surface area (Å²) >= 11 is 11.4. The Kier molecular flexibility index (Phi) is 4.88. The summed E-state index contributed by atoms with van der Waals surface area (Å²) in [5.74, 6) is -0.517. The average Bonchev–Trinajstić information content (AvgIpc) is 2.19. The van der Waals surface area contributed by atoms with Gasteiger partial charge in [-0.2, -0.15) is 8.42 Å². The Labute approximate surface area is 109 Å². The fourth-order valence-electron chi connectivity index (χ4n) is 1.15. The molecule has 0 aliphatic rings. The SMILES string of the molecule is O=S(=O)(O)CCCNc1cc(Cl)c(O)c(Cl)c1. The Morgan fingerprint density at radius 3 is 2.24 bits per heavy atom. The minimum absolute atomic E-state index is 0.106. The Balaban J connectivity index is 2.53. The van der Waals surface area contributed by atoms with Gasteiger partial charge in [0.05, 0.1) is 15.8 Å². The smallest absolute Gasteiger partial charge is 0.264 e. The van der Waals surface area contributed by atoms with Gasteiger partial charge in [0.2, 0.25) is 0 Å². The third-order valence-corrected chi connectivity index (χ3v) is 3.31. The highest BCUT2D eigenvalue weighted by Crippen LogP contribution is 2.34.